The minimum Gasteiger partial charge on any atom is -0.493 e. The maximum absolute atomic E-state index is 13.8. The van der Waals surface area contributed by atoms with Gasteiger partial charge in [-0.3, -0.25) is 9.59 Å². The van der Waals surface area contributed by atoms with Crippen LogP contribution in [0.25, 0.3) is 23.3 Å². The standard InChI is InChI=1S/C44H38N4O4/c1-3-5-7-13-19-51-39-23-30(22-38-42(32(27-47)28-48)34-16-10-12-18-36(34)44(38)50)40(52-20-14-8-6-4-2)24-29(39)21-37-41(31(25-45)26-46)33-15-9-11-17-35(33)43(37)49/h9-12,15-18,21-24H,3-8,13-14,19-20H2,1-2H3/b37-21-,38-22-. The first kappa shape index (κ1) is 36.8. The zero-order valence-corrected chi connectivity index (χ0v) is 29.4. The fourth-order valence-electron chi connectivity index (χ4n) is 6.49. The maximum Gasteiger partial charge on any atom is 0.194 e. The predicted octanol–water partition coefficient (Wildman–Crippen LogP) is 9.77. The third-order valence-electron chi connectivity index (χ3n) is 9.11. The van der Waals surface area contributed by atoms with E-state index in [9.17, 15) is 30.6 Å². The molecule has 0 spiro atoms. The van der Waals surface area contributed by atoms with Gasteiger partial charge in [0.15, 0.2) is 11.6 Å². The number of benzene rings is 3. The second kappa shape index (κ2) is 17.4. The highest BCUT2D eigenvalue weighted by Crippen LogP contribution is 2.44. The van der Waals surface area contributed by atoms with Gasteiger partial charge in [-0.2, -0.15) is 21.0 Å². The second-order valence-corrected chi connectivity index (χ2v) is 12.6. The minimum absolute atomic E-state index is 0.176. The summed E-state index contributed by atoms with van der Waals surface area (Å²) >= 11 is 0. The Morgan fingerprint density at radius 1 is 0.558 bits per heavy atom. The predicted molar refractivity (Wildman–Crippen MR) is 200 cm³/mol. The number of fused-ring (bicyclic) bond motifs is 2. The van der Waals surface area contributed by atoms with Gasteiger partial charge in [-0.1, -0.05) is 101 Å². The van der Waals surface area contributed by atoms with Gasteiger partial charge < -0.3 is 9.47 Å². The molecular formula is C44H38N4O4. The Balaban J connectivity index is 1.73. The summed E-state index contributed by atoms with van der Waals surface area (Å²) in [5.74, 6) is 0.171. The van der Waals surface area contributed by atoms with Gasteiger partial charge in [0.05, 0.1) is 13.2 Å². The largest absolute Gasteiger partial charge is 0.493 e. The lowest BCUT2D eigenvalue weighted by Gasteiger charge is -2.16. The molecule has 8 heteroatoms. The molecule has 8 nitrogen and oxygen atoms in total. The number of Topliss-reactive ketones (excluding diaryl/α,β-unsaturated/α-hetero) is 2. The van der Waals surface area contributed by atoms with E-state index in [0.717, 1.165) is 51.4 Å². The number of nitriles is 4. The molecule has 2 aliphatic carbocycles. The molecule has 5 rings (SSSR count). The van der Waals surface area contributed by atoms with Crippen molar-refractivity contribution in [1.29, 1.82) is 21.0 Å². The zero-order valence-electron chi connectivity index (χ0n) is 29.4. The van der Waals surface area contributed by atoms with Gasteiger partial charge in [0.25, 0.3) is 0 Å². The minimum atomic E-state index is -0.319. The summed E-state index contributed by atoms with van der Waals surface area (Å²) in [4.78, 5) is 27.7. The Hall–Kier alpha value is -6.48. The molecule has 3 aromatic rings. The monoisotopic (exact) mass is 686 g/mol. The molecule has 0 radical (unpaired) electrons. The number of rotatable bonds is 14. The molecule has 0 N–H and O–H groups in total. The quantitative estimate of drug-likeness (QED) is 0.0924. The van der Waals surface area contributed by atoms with Gasteiger partial charge in [0.2, 0.25) is 0 Å². The molecule has 0 fully saturated rings. The normalized spacial score (nSPS) is 14.3. The molecule has 0 aromatic heterocycles. The number of hydrogen-bond acceptors (Lipinski definition) is 8. The maximum atomic E-state index is 13.8. The van der Waals surface area contributed by atoms with Crippen LogP contribution in [0.4, 0.5) is 0 Å². The summed E-state index contributed by atoms with van der Waals surface area (Å²) in [6.07, 6.45) is 11.0. The van der Waals surface area contributed by atoms with Crippen molar-refractivity contribution in [2.24, 2.45) is 0 Å². The molecule has 258 valence electrons. The van der Waals surface area contributed by atoms with Crippen LogP contribution in [0.15, 0.2) is 83.0 Å². The summed E-state index contributed by atoms with van der Waals surface area (Å²) in [6.45, 7) is 5.01. The molecule has 2 aliphatic rings. The number of ketones is 2. The number of nitrogens with zero attached hydrogens (tertiary/aromatic N) is 4. The summed E-state index contributed by atoms with van der Waals surface area (Å²) in [6, 6.07) is 25.1. The molecular weight excluding hydrogens is 649 g/mol. The van der Waals surface area contributed by atoms with E-state index in [0.29, 0.717) is 58.1 Å². The molecule has 0 saturated carbocycles. The molecule has 0 amide bonds. The van der Waals surface area contributed by atoms with Crippen molar-refractivity contribution in [1.82, 2.24) is 0 Å². The van der Waals surface area contributed by atoms with Crippen LogP contribution in [0.2, 0.25) is 0 Å². The van der Waals surface area contributed by atoms with Gasteiger partial charge in [0, 0.05) is 44.5 Å². The first-order valence-electron chi connectivity index (χ1n) is 17.7. The van der Waals surface area contributed by atoms with Crippen LogP contribution < -0.4 is 9.47 Å². The highest BCUT2D eigenvalue weighted by atomic mass is 16.5. The van der Waals surface area contributed by atoms with E-state index in [1.54, 1.807) is 72.8 Å². The Morgan fingerprint density at radius 2 is 0.923 bits per heavy atom. The number of carbonyl (C=O) groups is 2. The van der Waals surface area contributed by atoms with Crippen LogP contribution in [0.1, 0.15) is 108 Å². The number of unbranched alkanes of at least 4 members (excludes halogenated alkanes) is 6. The van der Waals surface area contributed by atoms with E-state index in [2.05, 4.69) is 13.8 Å². The summed E-state index contributed by atoms with van der Waals surface area (Å²) in [5.41, 5.74) is 3.36. The Bertz CT molecular complexity index is 2020. The van der Waals surface area contributed by atoms with Crippen LogP contribution in [0.3, 0.4) is 0 Å². The van der Waals surface area contributed by atoms with Crippen molar-refractivity contribution in [3.05, 3.63) is 116 Å². The van der Waals surface area contributed by atoms with Crippen LogP contribution in [0.5, 0.6) is 11.5 Å². The molecule has 0 atom stereocenters. The SMILES string of the molecule is CCCCCCOc1cc(/C=C2\C(=O)c3ccccc3C2=C(C#N)C#N)c(OCCCCCC)cc1/C=C1\C(=O)c2ccccc2C1=C(C#N)C#N. The topological polar surface area (TPSA) is 148 Å². The molecule has 3 aromatic carbocycles. The average molecular weight is 687 g/mol. The number of hydrogen-bond donors (Lipinski definition) is 0. The van der Waals surface area contributed by atoms with Crippen LogP contribution in [0, 0.1) is 45.3 Å². The van der Waals surface area contributed by atoms with Crippen molar-refractivity contribution >= 4 is 34.9 Å². The summed E-state index contributed by atoms with van der Waals surface area (Å²) in [7, 11) is 0. The zero-order chi connectivity index (χ0) is 37.0. The van der Waals surface area contributed by atoms with E-state index < -0.39 is 0 Å². The van der Waals surface area contributed by atoms with E-state index in [4.69, 9.17) is 9.47 Å². The van der Waals surface area contributed by atoms with E-state index in [1.807, 2.05) is 24.3 Å². The molecule has 0 aliphatic heterocycles. The van der Waals surface area contributed by atoms with Crippen LogP contribution >= 0.6 is 0 Å². The highest BCUT2D eigenvalue weighted by molar-refractivity contribution is 6.31. The van der Waals surface area contributed by atoms with Crippen molar-refractivity contribution in [2.75, 3.05) is 13.2 Å². The molecule has 52 heavy (non-hydrogen) atoms. The van der Waals surface area contributed by atoms with Crippen LogP contribution in [-0.4, -0.2) is 24.8 Å². The van der Waals surface area contributed by atoms with E-state index in [1.165, 1.54) is 0 Å². The molecule has 0 bridgehead atoms. The summed E-state index contributed by atoms with van der Waals surface area (Å²) in [5, 5.41) is 39.6. The molecule has 0 unspecified atom stereocenters. The number of carbonyl (C=O) groups excluding carboxylic acids is 2. The first-order chi connectivity index (χ1) is 25.4. The first-order valence-corrected chi connectivity index (χ1v) is 17.7. The van der Waals surface area contributed by atoms with E-state index in [-0.39, 0.29) is 45.0 Å². The van der Waals surface area contributed by atoms with Crippen molar-refractivity contribution in [3.63, 3.8) is 0 Å². The number of ether oxygens (including phenoxy) is 2. The van der Waals surface area contributed by atoms with Gasteiger partial charge in [0.1, 0.15) is 46.9 Å². The van der Waals surface area contributed by atoms with Crippen LogP contribution in [-0.2, 0) is 0 Å². The molecule has 0 heterocycles. The lowest BCUT2D eigenvalue weighted by Crippen LogP contribution is -2.04. The van der Waals surface area contributed by atoms with E-state index >= 15 is 0 Å². The Morgan fingerprint density at radius 3 is 1.27 bits per heavy atom. The number of allylic oxidation sites excluding steroid dienone is 6. The van der Waals surface area contributed by atoms with Crippen molar-refractivity contribution in [3.8, 4) is 35.8 Å². The van der Waals surface area contributed by atoms with Gasteiger partial charge in [-0.05, 0) is 48.3 Å². The Labute approximate surface area is 304 Å². The third kappa shape index (κ3) is 7.63. The van der Waals surface area contributed by atoms with Gasteiger partial charge >= 0.3 is 0 Å². The second-order valence-electron chi connectivity index (χ2n) is 12.6. The lowest BCUT2D eigenvalue weighted by molar-refractivity contribution is 0.103. The fraction of sp³-hybridized carbons (Fsp3) is 0.273. The Kier molecular flexibility index (Phi) is 12.3. The highest BCUT2D eigenvalue weighted by Gasteiger charge is 2.34. The molecule has 0 saturated heterocycles. The summed E-state index contributed by atoms with van der Waals surface area (Å²) < 4.78 is 12.8. The van der Waals surface area contributed by atoms with Crippen molar-refractivity contribution in [2.45, 2.75) is 65.2 Å². The van der Waals surface area contributed by atoms with Gasteiger partial charge in [-0.15, -0.1) is 0 Å². The van der Waals surface area contributed by atoms with Crippen molar-refractivity contribution < 1.29 is 19.1 Å². The smallest absolute Gasteiger partial charge is 0.194 e. The van der Waals surface area contributed by atoms with Gasteiger partial charge in [-0.25, -0.2) is 0 Å². The third-order valence-corrected chi connectivity index (χ3v) is 9.11. The average Bonchev–Trinajstić information content (AvgIpc) is 3.60. The lowest BCUT2D eigenvalue weighted by atomic mass is 9.95. The fourth-order valence-corrected chi connectivity index (χ4v) is 6.49.